The first-order chi connectivity index (χ1) is 9.10. The van der Waals surface area contributed by atoms with Crippen molar-refractivity contribution in [1.29, 1.82) is 0 Å². The third-order valence-electron chi connectivity index (χ3n) is 2.41. The highest BCUT2D eigenvalue weighted by Crippen LogP contribution is 2.15. The average molecular weight is 345 g/mol. The fourth-order valence-corrected chi connectivity index (χ4v) is 1.85. The van der Waals surface area contributed by atoms with E-state index in [1.54, 1.807) is 6.92 Å². The average Bonchev–Trinajstić information content (AvgIpc) is 2.29. The van der Waals surface area contributed by atoms with Crippen molar-refractivity contribution in [3.63, 3.8) is 0 Å². The monoisotopic (exact) mass is 344 g/mol. The van der Waals surface area contributed by atoms with Gasteiger partial charge in [-0.25, -0.2) is 4.39 Å². The zero-order chi connectivity index (χ0) is 15.5. The molecule has 1 unspecified atom stereocenters. The third-order valence-corrected chi connectivity index (χ3v) is 2.91. The van der Waals surface area contributed by atoms with E-state index in [0.29, 0.717) is 4.47 Å². The summed E-state index contributed by atoms with van der Waals surface area (Å²) in [5, 5.41) is 5.22. The smallest absolute Gasteiger partial charge is 0.254 e. The predicted molar refractivity (Wildman–Crippen MR) is 78.9 cm³/mol. The number of hydrogen-bond donors (Lipinski definition) is 2. The normalized spacial score (nSPS) is 12.7. The number of benzene rings is 1. The second-order valence-electron chi connectivity index (χ2n) is 5.56. The lowest BCUT2D eigenvalue weighted by molar-refractivity contribution is -0.124. The lowest BCUT2D eigenvalue weighted by Crippen LogP contribution is -2.50. The summed E-state index contributed by atoms with van der Waals surface area (Å²) in [7, 11) is 0. The zero-order valence-electron chi connectivity index (χ0n) is 11.9. The fraction of sp³-hybridized carbons (Fsp3) is 0.429. The van der Waals surface area contributed by atoms with Gasteiger partial charge in [0.05, 0.1) is 5.56 Å². The summed E-state index contributed by atoms with van der Waals surface area (Å²) in [5.41, 5.74) is -0.494. The van der Waals surface area contributed by atoms with Crippen molar-refractivity contribution in [3.8, 4) is 0 Å². The first-order valence-electron chi connectivity index (χ1n) is 6.18. The molecule has 0 heterocycles. The molecular weight excluding hydrogens is 327 g/mol. The van der Waals surface area contributed by atoms with Crippen LogP contribution in [0.3, 0.4) is 0 Å². The molecule has 0 fully saturated rings. The molecule has 0 saturated heterocycles. The van der Waals surface area contributed by atoms with Crippen LogP contribution in [0.5, 0.6) is 0 Å². The van der Waals surface area contributed by atoms with Crippen LogP contribution >= 0.6 is 15.9 Å². The molecule has 20 heavy (non-hydrogen) atoms. The molecule has 1 aromatic carbocycles. The van der Waals surface area contributed by atoms with E-state index in [1.807, 2.05) is 20.8 Å². The molecule has 1 rings (SSSR count). The summed E-state index contributed by atoms with van der Waals surface area (Å²) in [6, 6.07) is 3.32. The van der Waals surface area contributed by atoms with Crippen LogP contribution in [0.1, 0.15) is 38.1 Å². The van der Waals surface area contributed by atoms with Gasteiger partial charge in [-0.05, 0) is 45.9 Å². The highest BCUT2D eigenvalue weighted by Gasteiger charge is 2.22. The molecule has 1 aromatic rings. The number of nitrogens with one attached hydrogen (secondary N) is 2. The van der Waals surface area contributed by atoms with Crippen LogP contribution in [0.2, 0.25) is 0 Å². The molecule has 2 amide bonds. The zero-order valence-corrected chi connectivity index (χ0v) is 13.5. The molecule has 1 atom stereocenters. The topological polar surface area (TPSA) is 58.2 Å². The van der Waals surface area contributed by atoms with Gasteiger partial charge < -0.3 is 10.6 Å². The third kappa shape index (κ3) is 4.92. The number of rotatable bonds is 3. The highest BCUT2D eigenvalue weighted by molar-refractivity contribution is 9.10. The van der Waals surface area contributed by atoms with Gasteiger partial charge in [0.2, 0.25) is 5.91 Å². The van der Waals surface area contributed by atoms with E-state index in [1.165, 1.54) is 18.2 Å². The Balaban J connectivity index is 2.75. The van der Waals surface area contributed by atoms with Gasteiger partial charge in [0, 0.05) is 10.0 Å². The Morgan fingerprint density at radius 1 is 1.30 bits per heavy atom. The quantitative estimate of drug-likeness (QED) is 0.885. The minimum atomic E-state index is -0.750. The molecule has 0 aliphatic rings. The SMILES string of the molecule is CC(NC(=O)c1cc(Br)ccc1F)C(=O)NC(C)(C)C. The van der Waals surface area contributed by atoms with Crippen molar-refractivity contribution in [3.05, 3.63) is 34.1 Å². The van der Waals surface area contributed by atoms with Crippen molar-refractivity contribution in [2.45, 2.75) is 39.3 Å². The first-order valence-corrected chi connectivity index (χ1v) is 6.97. The Hall–Kier alpha value is -1.43. The number of halogens is 2. The Bertz CT molecular complexity index is 526. The molecule has 6 heteroatoms. The fourth-order valence-electron chi connectivity index (χ4n) is 1.49. The largest absolute Gasteiger partial charge is 0.350 e. The van der Waals surface area contributed by atoms with E-state index in [9.17, 15) is 14.0 Å². The Morgan fingerprint density at radius 2 is 1.90 bits per heavy atom. The van der Waals surface area contributed by atoms with E-state index in [4.69, 9.17) is 0 Å². The summed E-state index contributed by atoms with van der Waals surface area (Å²) in [5.74, 6) is -1.57. The van der Waals surface area contributed by atoms with E-state index in [0.717, 1.165) is 0 Å². The standard InChI is InChI=1S/C14H18BrFN2O2/c1-8(12(19)18-14(2,3)4)17-13(20)10-7-9(15)5-6-11(10)16/h5-8H,1-4H3,(H,17,20)(H,18,19). The second kappa shape index (κ2) is 6.35. The molecular formula is C14H18BrFN2O2. The van der Waals surface area contributed by atoms with Gasteiger partial charge in [0.25, 0.3) is 5.91 Å². The van der Waals surface area contributed by atoms with Gasteiger partial charge in [-0.2, -0.15) is 0 Å². The van der Waals surface area contributed by atoms with Crippen molar-refractivity contribution in [2.75, 3.05) is 0 Å². The Morgan fingerprint density at radius 3 is 2.45 bits per heavy atom. The molecule has 0 radical (unpaired) electrons. The van der Waals surface area contributed by atoms with Gasteiger partial charge in [0.15, 0.2) is 0 Å². The predicted octanol–water partition coefficient (Wildman–Crippen LogP) is 2.62. The van der Waals surface area contributed by atoms with Crippen LogP contribution in [-0.4, -0.2) is 23.4 Å². The van der Waals surface area contributed by atoms with E-state index in [-0.39, 0.29) is 11.5 Å². The van der Waals surface area contributed by atoms with Crippen LogP contribution in [-0.2, 0) is 4.79 Å². The first kappa shape index (κ1) is 16.6. The number of amides is 2. The lowest BCUT2D eigenvalue weighted by atomic mass is 10.1. The molecule has 0 bridgehead atoms. The lowest BCUT2D eigenvalue weighted by Gasteiger charge is -2.23. The van der Waals surface area contributed by atoms with Crippen LogP contribution in [0.25, 0.3) is 0 Å². The molecule has 0 aromatic heterocycles. The summed E-state index contributed by atoms with van der Waals surface area (Å²) < 4.78 is 14.2. The van der Waals surface area contributed by atoms with Crippen LogP contribution < -0.4 is 10.6 Å². The molecule has 4 nitrogen and oxygen atoms in total. The number of hydrogen-bond acceptors (Lipinski definition) is 2. The minimum Gasteiger partial charge on any atom is -0.350 e. The minimum absolute atomic E-state index is 0.102. The van der Waals surface area contributed by atoms with Crippen LogP contribution in [0, 0.1) is 5.82 Å². The Labute approximate surface area is 126 Å². The highest BCUT2D eigenvalue weighted by atomic mass is 79.9. The van der Waals surface area contributed by atoms with Gasteiger partial charge in [0.1, 0.15) is 11.9 Å². The summed E-state index contributed by atoms with van der Waals surface area (Å²) in [4.78, 5) is 23.8. The molecule has 0 spiro atoms. The van der Waals surface area contributed by atoms with Gasteiger partial charge in [-0.3, -0.25) is 9.59 Å². The van der Waals surface area contributed by atoms with Crippen molar-refractivity contribution < 1.29 is 14.0 Å². The van der Waals surface area contributed by atoms with Crippen molar-refractivity contribution >= 4 is 27.7 Å². The maximum atomic E-state index is 13.6. The maximum absolute atomic E-state index is 13.6. The molecule has 2 N–H and O–H groups in total. The maximum Gasteiger partial charge on any atom is 0.254 e. The van der Waals surface area contributed by atoms with Crippen LogP contribution in [0.15, 0.2) is 22.7 Å². The Kier molecular flexibility index (Phi) is 5.28. The summed E-state index contributed by atoms with van der Waals surface area (Å²) in [6.07, 6.45) is 0. The van der Waals surface area contributed by atoms with Gasteiger partial charge in [-0.1, -0.05) is 15.9 Å². The molecule has 0 saturated carbocycles. The number of carbonyl (C=O) groups is 2. The summed E-state index contributed by atoms with van der Waals surface area (Å²) >= 11 is 3.17. The van der Waals surface area contributed by atoms with Crippen molar-refractivity contribution in [2.24, 2.45) is 0 Å². The van der Waals surface area contributed by atoms with E-state index in [2.05, 4.69) is 26.6 Å². The molecule has 0 aliphatic carbocycles. The van der Waals surface area contributed by atoms with E-state index >= 15 is 0 Å². The van der Waals surface area contributed by atoms with Crippen LogP contribution in [0.4, 0.5) is 4.39 Å². The molecule has 0 aliphatic heterocycles. The van der Waals surface area contributed by atoms with E-state index < -0.39 is 23.3 Å². The van der Waals surface area contributed by atoms with Crippen molar-refractivity contribution in [1.82, 2.24) is 10.6 Å². The molecule has 110 valence electrons. The summed E-state index contributed by atoms with van der Waals surface area (Å²) in [6.45, 7) is 7.07. The second-order valence-corrected chi connectivity index (χ2v) is 6.47. The van der Waals surface area contributed by atoms with Gasteiger partial charge in [-0.15, -0.1) is 0 Å². The number of carbonyl (C=O) groups excluding carboxylic acids is 2. The van der Waals surface area contributed by atoms with Gasteiger partial charge >= 0.3 is 0 Å².